The Labute approximate surface area is 83.2 Å². The molecular formula is C8H9NO4S. The van der Waals surface area contributed by atoms with Gasteiger partial charge in [0.05, 0.1) is 10.2 Å². The van der Waals surface area contributed by atoms with E-state index >= 15 is 0 Å². The first-order valence-electron chi connectivity index (χ1n) is 3.86. The number of hydrogen-bond acceptors (Lipinski definition) is 3. The van der Waals surface area contributed by atoms with Crippen LogP contribution < -0.4 is 0 Å². The summed E-state index contributed by atoms with van der Waals surface area (Å²) < 4.78 is 19.5. The van der Waals surface area contributed by atoms with Gasteiger partial charge in [0.1, 0.15) is 0 Å². The number of rotatable bonds is 3. The lowest BCUT2D eigenvalue weighted by Gasteiger charge is -2.05. The van der Waals surface area contributed by atoms with Crippen LogP contribution in [0.4, 0.5) is 5.69 Å². The zero-order valence-electron chi connectivity index (χ0n) is 7.41. The van der Waals surface area contributed by atoms with Crippen molar-refractivity contribution in [2.24, 2.45) is 0 Å². The normalized spacial score (nSPS) is 14.7. The average molecular weight is 215 g/mol. The van der Waals surface area contributed by atoms with E-state index in [0.29, 0.717) is 5.56 Å². The largest absolute Gasteiger partial charge is 0.306 e. The third kappa shape index (κ3) is 2.36. The van der Waals surface area contributed by atoms with Crippen LogP contribution >= 0.6 is 0 Å². The van der Waals surface area contributed by atoms with Crippen molar-refractivity contribution in [2.45, 2.75) is 12.2 Å². The van der Waals surface area contributed by atoms with Crippen molar-refractivity contribution < 1.29 is 13.7 Å². The van der Waals surface area contributed by atoms with Gasteiger partial charge in [-0.25, -0.2) is 4.21 Å². The Hall–Kier alpha value is -1.27. The molecule has 76 valence electrons. The number of benzene rings is 1. The Kier molecular flexibility index (Phi) is 3.32. The van der Waals surface area contributed by atoms with Gasteiger partial charge < -0.3 is 4.55 Å². The van der Waals surface area contributed by atoms with Crippen molar-refractivity contribution in [3.63, 3.8) is 0 Å². The summed E-state index contributed by atoms with van der Waals surface area (Å²) >= 11 is -2.01. The minimum absolute atomic E-state index is 0.0696. The van der Waals surface area contributed by atoms with Crippen molar-refractivity contribution in [1.29, 1.82) is 0 Å². The third-order valence-corrected chi connectivity index (χ3v) is 2.73. The number of nitro benzene ring substituents is 1. The second-order valence-corrected chi connectivity index (χ2v) is 4.03. The van der Waals surface area contributed by atoms with Crippen molar-refractivity contribution in [1.82, 2.24) is 0 Å². The molecule has 0 spiro atoms. The number of hydrogen-bond donors (Lipinski definition) is 1. The van der Waals surface area contributed by atoms with Gasteiger partial charge in [0.15, 0.2) is 11.1 Å². The maximum absolute atomic E-state index is 10.7. The van der Waals surface area contributed by atoms with Gasteiger partial charge in [0.2, 0.25) is 0 Å². The summed E-state index contributed by atoms with van der Waals surface area (Å²) in [5, 5.41) is 9.80. The van der Waals surface area contributed by atoms with Gasteiger partial charge in [0.25, 0.3) is 5.69 Å². The van der Waals surface area contributed by atoms with Crippen LogP contribution in [0.3, 0.4) is 0 Å². The summed E-state index contributed by atoms with van der Waals surface area (Å²) in [6, 6.07) is 5.73. The van der Waals surface area contributed by atoms with Gasteiger partial charge in [0, 0.05) is 12.1 Å². The second-order valence-electron chi connectivity index (χ2n) is 2.77. The van der Waals surface area contributed by atoms with Gasteiger partial charge in [-0.1, -0.05) is 12.1 Å². The molecule has 2 atom stereocenters. The first kappa shape index (κ1) is 10.8. The van der Waals surface area contributed by atoms with Crippen LogP contribution in [0.5, 0.6) is 0 Å². The van der Waals surface area contributed by atoms with Gasteiger partial charge in [-0.2, -0.15) is 0 Å². The summed E-state index contributed by atoms with van der Waals surface area (Å²) in [6.45, 7) is 1.54. The first-order valence-corrected chi connectivity index (χ1v) is 5.03. The molecule has 5 nitrogen and oxygen atoms in total. The number of nitro groups is 1. The predicted octanol–water partition coefficient (Wildman–Crippen LogP) is 1.88. The highest BCUT2D eigenvalue weighted by Gasteiger charge is 2.14. The maximum Gasteiger partial charge on any atom is 0.269 e. The maximum atomic E-state index is 10.7. The summed E-state index contributed by atoms with van der Waals surface area (Å²) in [5.41, 5.74) is 0.417. The predicted molar refractivity (Wildman–Crippen MR) is 52.3 cm³/mol. The molecule has 0 radical (unpaired) electrons. The molecule has 6 heteroatoms. The van der Waals surface area contributed by atoms with E-state index in [9.17, 15) is 14.3 Å². The lowest BCUT2D eigenvalue weighted by molar-refractivity contribution is -0.384. The van der Waals surface area contributed by atoms with Crippen LogP contribution in [0.2, 0.25) is 0 Å². The Morgan fingerprint density at radius 3 is 2.71 bits per heavy atom. The summed E-state index contributed by atoms with van der Waals surface area (Å²) in [6.07, 6.45) is 0. The number of non-ortho nitro benzene ring substituents is 1. The molecule has 0 saturated carbocycles. The van der Waals surface area contributed by atoms with Gasteiger partial charge in [-0.05, 0) is 12.5 Å². The fraction of sp³-hybridized carbons (Fsp3) is 0.250. The molecule has 0 bridgehead atoms. The lowest BCUT2D eigenvalue weighted by atomic mass is 10.1. The highest BCUT2D eigenvalue weighted by Crippen LogP contribution is 2.22. The van der Waals surface area contributed by atoms with E-state index in [4.69, 9.17) is 4.55 Å². The topological polar surface area (TPSA) is 80.4 Å². The SMILES string of the molecule is CC(c1cccc([N+](=O)[O-])c1)S(=O)O. The monoisotopic (exact) mass is 215 g/mol. The number of nitrogens with zero attached hydrogens (tertiary/aromatic N) is 1. The van der Waals surface area contributed by atoms with Crippen LogP contribution in [0.1, 0.15) is 17.7 Å². The van der Waals surface area contributed by atoms with E-state index < -0.39 is 21.3 Å². The molecule has 0 amide bonds. The van der Waals surface area contributed by atoms with Crippen LogP contribution in [-0.4, -0.2) is 13.7 Å². The molecule has 1 N–H and O–H groups in total. The van der Waals surface area contributed by atoms with E-state index in [2.05, 4.69) is 0 Å². The lowest BCUT2D eigenvalue weighted by Crippen LogP contribution is -2.01. The molecule has 0 aromatic heterocycles. The van der Waals surface area contributed by atoms with E-state index in [0.717, 1.165) is 0 Å². The minimum Gasteiger partial charge on any atom is -0.306 e. The minimum atomic E-state index is -2.01. The zero-order valence-corrected chi connectivity index (χ0v) is 8.23. The average Bonchev–Trinajstić information content (AvgIpc) is 2.16. The summed E-state index contributed by atoms with van der Waals surface area (Å²) in [4.78, 5) is 9.88. The van der Waals surface area contributed by atoms with Crippen molar-refractivity contribution in [2.75, 3.05) is 0 Å². The fourth-order valence-electron chi connectivity index (χ4n) is 1.01. The van der Waals surface area contributed by atoms with E-state index in [-0.39, 0.29) is 5.69 Å². The Morgan fingerprint density at radius 1 is 1.57 bits per heavy atom. The van der Waals surface area contributed by atoms with Crippen molar-refractivity contribution >= 4 is 16.8 Å². The van der Waals surface area contributed by atoms with Crippen LogP contribution in [0.15, 0.2) is 24.3 Å². The molecule has 0 fully saturated rings. The third-order valence-electron chi connectivity index (χ3n) is 1.85. The molecule has 0 aliphatic rings. The standard InChI is InChI=1S/C8H9NO4S/c1-6(14(12)13)7-3-2-4-8(5-7)9(10)11/h2-6H,1H3,(H,12,13). The molecule has 2 unspecified atom stereocenters. The Bertz CT molecular complexity index is 379. The van der Waals surface area contributed by atoms with E-state index in [1.54, 1.807) is 6.07 Å². The highest BCUT2D eigenvalue weighted by molar-refractivity contribution is 7.79. The first-order chi connectivity index (χ1) is 6.52. The van der Waals surface area contributed by atoms with Crippen LogP contribution in [0.25, 0.3) is 0 Å². The quantitative estimate of drug-likeness (QED) is 0.474. The fourth-order valence-corrected chi connectivity index (χ4v) is 1.39. The Balaban J connectivity index is 3.05. The smallest absolute Gasteiger partial charge is 0.269 e. The zero-order chi connectivity index (χ0) is 10.7. The highest BCUT2D eigenvalue weighted by atomic mass is 32.2. The molecule has 14 heavy (non-hydrogen) atoms. The van der Waals surface area contributed by atoms with E-state index in [1.807, 2.05) is 0 Å². The molecule has 0 aliphatic heterocycles. The molecule has 1 rings (SSSR count). The van der Waals surface area contributed by atoms with Crippen LogP contribution in [-0.2, 0) is 11.1 Å². The van der Waals surface area contributed by atoms with Crippen molar-refractivity contribution in [3.8, 4) is 0 Å². The van der Waals surface area contributed by atoms with Gasteiger partial charge in [-0.3, -0.25) is 10.1 Å². The molecular weight excluding hydrogens is 206 g/mol. The second kappa shape index (κ2) is 4.30. The molecule has 1 aromatic carbocycles. The molecule has 1 aromatic rings. The molecule has 0 heterocycles. The van der Waals surface area contributed by atoms with Gasteiger partial charge in [-0.15, -0.1) is 0 Å². The van der Waals surface area contributed by atoms with Crippen LogP contribution in [0, 0.1) is 10.1 Å². The van der Waals surface area contributed by atoms with E-state index in [1.165, 1.54) is 25.1 Å². The Morgan fingerprint density at radius 2 is 2.21 bits per heavy atom. The summed E-state index contributed by atoms with van der Waals surface area (Å²) in [5.74, 6) is 0. The molecule has 0 saturated heterocycles. The van der Waals surface area contributed by atoms with Gasteiger partial charge >= 0.3 is 0 Å². The molecule has 0 aliphatic carbocycles. The summed E-state index contributed by atoms with van der Waals surface area (Å²) in [7, 11) is 0. The van der Waals surface area contributed by atoms with Crippen molar-refractivity contribution in [3.05, 3.63) is 39.9 Å².